The van der Waals surface area contributed by atoms with E-state index in [0.29, 0.717) is 5.54 Å². The van der Waals surface area contributed by atoms with Crippen LogP contribution in [0, 0.1) is 0 Å². The Bertz CT molecular complexity index is 131. The molecule has 2 aliphatic rings. The summed E-state index contributed by atoms with van der Waals surface area (Å²) in [7, 11) is 7.82. The molecule has 2 aliphatic heterocycles. The van der Waals surface area contributed by atoms with E-state index in [1.54, 1.807) is 0 Å². The third kappa shape index (κ3) is 0.592. The lowest BCUT2D eigenvalue weighted by molar-refractivity contribution is -0.0599. The quantitative estimate of drug-likeness (QED) is 0.398. The molecule has 3 heteroatoms. The van der Waals surface area contributed by atoms with Gasteiger partial charge in [0, 0.05) is 18.6 Å². The highest BCUT2D eigenvalue weighted by molar-refractivity contribution is 6.05. The maximum atomic E-state index is 5.69. The molecule has 0 atom stereocenters. The maximum absolute atomic E-state index is 5.69. The van der Waals surface area contributed by atoms with Crippen molar-refractivity contribution in [2.24, 2.45) is 0 Å². The Morgan fingerprint density at radius 2 is 2.11 bits per heavy atom. The van der Waals surface area contributed by atoms with Crippen molar-refractivity contribution in [3.05, 3.63) is 0 Å². The standard InChI is InChI=1S/C6H11BN2/c1-8-4-6(5-8)2-3-9(6)7/h2-5H2,1H3. The van der Waals surface area contributed by atoms with Crippen LogP contribution in [0.5, 0.6) is 0 Å². The van der Waals surface area contributed by atoms with E-state index < -0.39 is 0 Å². The Hall–Kier alpha value is -0.0151. The number of likely N-dealkylation sites (N-methyl/N-ethyl adjacent to an activating group) is 1. The molecule has 0 N–H and O–H groups in total. The first-order valence-corrected chi connectivity index (χ1v) is 3.44. The van der Waals surface area contributed by atoms with Gasteiger partial charge in [0.05, 0.1) is 0 Å². The second kappa shape index (κ2) is 1.52. The second-order valence-electron chi connectivity index (χ2n) is 3.34. The molecule has 0 aromatic heterocycles. The van der Waals surface area contributed by atoms with E-state index in [1.807, 2.05) is 4.81 Å². The van der Waals surface area contributed by atoms with Crippen LogP contribution < -0.4 is 0 Å². The van der Waals surface area contributed by atoms with Gasteiger partial charge >= 0.3 is 0 Å². The van der Waals surface area contributed by atoms with E-state index in [2.05, 4.69) is 11.9 Å². The number of hydrogen-bond acceptors (Lipinski definition) is 2. The number of likely N-dealkylation sites (tertiary alicyclic amines) is 1. The molecule has 2 saturated heterocycles. The van der Waals surface area contributed by atoms with Crippen LogP contribution in [-0.2, 0) is 0 Å². The Morgan fingerprint density at radius 1 is 1.44 bits per heavy atom. The zero-order valence-electron chi connectivity index (χ0n) is 5.80. The monoisotopic (exact) mass is 122 g/mol. The van der Waals surface area contributed by atoms with Gasteiger partial charge in [-0.25, -0.2) is 0 Å². The average Bonchev–Trinajstić information content (AvgIpc) is 1.77. The van der Waals surface area contributed by atoms with Crippen molar-refractivity contribution in [3.8, 4) is 0 Å². The molecule has 0 amide bonds. The molecule has 48 valence electrons. The normalized spacial score (nSPS) is 33.9. The second-order valence-corrected chi connectivity index (χ2v) is 3.34. The van der Waals surface area contributed by atoms with Crippen molar-refractivity contribution in [1.82, 2.24) is 9.71 Å². The van der Waals surface area contributed by atoms with Crippen LogP contribution in [0.4, 0.5) is 0 Å². The lowest BCUT2D eigenvalue weighted by atomic mass is 9.75. The van der Waals surface area contributed by atoms with Crippen LogP contribution in [0.2, 0.25) is 0 Å². The smallest absolute Gasteiger partial charge is 0.183 e. The number of nitrogens with zero attached hydrogens (tertiary/aromatic N) is 2. The van der Waals surface area contributed by atoms with Crippen molar-refractivity contribution in [2.45, 2.75) is 12.0 Å². The summed E-state index contributed by atoms with van der Waals surface area (Å²) in [6.45, 7) is 3.43. The molecule has 2 nitrogen and oxygen atoms in total. The van der Waals surface area contributed by atoms with E-state index in [0.717, 1.165) is 6.54 Å². The minimum absolute atomic E-state index is 0.411. The molecule has 2 heterocycles. The number of rotatable bonds is 0. The van der Waals surface area contributed by atoms with Gasteiger partial charge in [0.25, 0.3) is 0 Å². The highest BCUT2D eigenvalue weighted by Gasteiger charge is 2.49. The first-order chi connectivity index (χ1) is 4.23. The first-order valence-electron chi connectivity index (χ1n) is 3.44. The predicted octanol–water partition coefficient (Wildman–Crippen LogP) is -0.540. The van der Waals surface area contributed by atoms with E-state index >= 15 is 0 Å². The molecule has 0 unspecified atom stereocenters. The predicted molar refractivity (Wildman–Crippen MR) is 37.3 cm³/mol. The average molecular weight is 122 g/mol. The fourth-order valence-electron chi connectivity index (χ4n) is 1.86. The van der Waals surface area contributed by atoms with E-state index in [1.165, 1.54) is 19.5 Å². The van der Waals surface area contributed by atoms with Gasteiger partial charge in [-0.05, 0) is 20.0 Å². The van der Waals surface area contributed by atoms with Gasteiger partial charge in [0.15, 0.2) is 7.98 Å². The van der Waals surface area contributed by atoms with Crippen molar-refractivity contribution in [1.29, 1.82) is 0 Å². The van der Waals surface area contributed by atoms with E-state index in [-0.39, 0.29) is 0 Å². The third-order valence-corrected chi connectivity index (χ3v) is 2.56. The molecular weight excluding hydrogens is 111 g/mol. The zero-order chi connectivity index (χ0) is 6.48. The summed E-state index contributed by atoms with van der Waals surface area (Å²) < 4.78 is 0. The SMILES string of the molecule is [B]N1CCC12CN(C)C2. The van der Waals surface area contributed by atoms with Gasteiger partial charge in [0.2, 0.25) is 0 Å². The Kier molecular flexibility index (Phi) is 0.973. The van der Waals surface area contributed by atoms with Gasteiger partial charge < -0.3 is 9.71 Å². The maximum Gasteiger partial charge on any atom is 0.183 e. The molecule has 2 rings (SSSR count). The van der Waals surface area contributed by atoms with Crippen LogP contribution >= 0.6 is 0 Å². The topological polar surface area (TPSA) is 6.48 Å². The van der Waals surface area contributed by atoms with E-state index in [9.17, 15) is 0 Å². The minimum atomic E-state index is 0.411. The van der Waals surface area contributed by atoms with Gasteiger partial charge in [-0.1, -0.05) is 0 Å². The van der Waals surface area contributed by atoms with Crippen LogP contribution in [-0.4, -0.2) is 49.9 Å². The summed E-state index contributed by atoms with van der Waals surface area (Å²) in [5, 5.41) is 0. The molecule has 2 radical (unpaired) electrons. The number of hydrogen-bond donors (Lipinski definition) is 0. The Balaban J connectivity index is 1.97. The summed E-state index contributed by atoms with van der Waals surface area (Å²) in [6.07, 6.45) is 1.30. The van der Waals surface area contributed by atoms with Crippen LogP contribution in [0.25, 0.3) is 0 Å². The molecule has 0 aromatic rings. The van der Waals surface area contributed by atoms with Crippen molar-refractivity contribution in [2.75, 3.05) is 26.7 Å². The van der Waals surface area contributed by atoms with Gasteiger partial charge in [0.1, 0.15) is 0 Å². The van der Waals surface area contributed by atoms with Gasteiger partial charge in [-0.15, -0.1) is 0 Å². The molecule has 1 spiro atoms. The molecular formula is C6H11BN2. The molecule has 0 aliphatic carbocycles. The van der Waals surface area contributed by atoms with Crippen molar-refractivity contribution in [3.63, 3.8) is 0 Å². The molecule has 0 bridgehead atoms. The lowest BCUT2D eigenvalue weighted by Gasteiger charge is -2.61. The van der Waals surface area contributed by atoms with Gasteiger partial charge in [-0.2, -0.15) is 0 Å². The lowest BCUT2D eigenvalue weighted by Crippen LogP contribution is -2.75. The summed E-state index contributed by atoms with van der Waals surface area (Å²) in [6, 6.07) is 0. The van der Waals surface area contributed by atoms with Crippen molar-refractivity contribution >= 4 is 7.98 Å². The summed E-state index contributed by atoms with van der Waals surface area (Å²) in [4.78, 5) is 4.28. The van der Waals surface area contributed by atoms with Crippen LogP contribution in [0.15, 0.2) is 0 Å². The first kappa shape index (κ1) is 5.75. The molecule has 0 saturated carbocycles. The summed E-state index contributed by atoms with van der Waals surface area (Å²) in [5.41, 5.74) is 0.411. The minimum Gasteiger partial charge on any atom is -0.346 e. The van der Waals surface area contributed by atoms with Crippen LogP contribution in [0.1, 0.15) is 6.42 Å². The Labute approximate surface area is 57.2 Å². The van der Waals surface area contributed by atoms with Crippen LogP contribution in [0.3, 0.4) is 0 Å². The zero-order valence-corrected chi connectivity index (χ0v) is 5.80. The fraction of sp³-hybridized carbons (Fsp3) is 1.00. The largest absolute Gasteiger partial charge is 0.346 e. The van der Waals surface area contributed by atoms with E-state index in [4.69, 9.17) is 7.98 Å². The molecule has 9 heavy (non-hydrogen) atoms. The fourth-order valence-corrected chi connectivity index (χ4v) is 1.86. The highest BCUT2D eigenvalue weighted by Crippen LogP contribution is 2.35. The molecule has 2 fully saturated rings. The highest BCUT2D eigenvalue weighted by atomic mass is 15.3. The molecule has 0 aromatic carbocycles. The Morgan fingerprint density at radius 3 is 2.22 bits per heavy atom. The van der Waals surface area contributed by atoms with Crippen molar-refractivity contribution < 1.29 is 0 Å². The summed E-state index contributed by atoms with van der Waals surface area (Å²) >= 11 is 0. The third-order valence-electron chi connectivity index (χ3n) is 2.56. The van der Waals surface area contributed by atoms with Gasteiger partial charge in [-0.3, -0.25) is 0 Å². The summed E-state index contributed by atoms with van der Waals surface area (Å²) in [5.74, 6) is 0.